The third-order valence-corrected chi connectivity index (χ3v) is 8.00. The highest BCUT2D eigenvalue weighted by Crippen LogP contribution is 2.36. The van der Waals surface area contributed by atoms with Crippen LogP contribution in [-0.4, -0.2) is 80.6 Å². The van der Waals surface area contributed by atoms with E-state index in [0.717, 1.165) is 39.1 Å². The number of hydrogen-bond donors (Lipinski definition) is 4. The normalized spacial score (nSPS) is 14.3. The number of nitrogens with one attached hydrogen (secondary N) is 2. The van der Waals surface area contributed by atoms with Gasteiger partial charge in [-0.3, -0.25) is 4.79 Å². The fourth-order valence-electron chi connectivity index (χ4n) is 5.16. The van der Waals surface area contributed by atoms with Crippen LogP contribution in [0.1, 0.15) is 15.9 Å². The fourth-order valence-corrected chi connectivity index (χ4v) is 5.41. The summed E-state index contributed by atoms with van der Waals surface area (Å²) in [4.78, 5) is 29.7. The van der Waals surface area contributed by atoms with Gasteiger partial charge in [0.05, 0.1) is 27.2 Å². The number of aromatic nitrogens is 3. The standard InChI is InChI=1S/C32H31ClN6O3/c1-38-13-15-39(16-14-38)12-10-20-4-7-22(8-5-20)35-32(42)24-18-27-28(19-26(24)33)37-30(36-27)25-17-21(6-9-29(25)40)23-3-2-11-34-31(23)41/h2-9,11,17-19,40H,10,12-16H2,1H3,(H,34,41)(H,35,42)(H,36,37). The molecule has 2 aromatic heterocycles. The molecular weight excluding hydrogens is 552 g/mol. The lowest BCUT2D eigenvalue weighted by Gasteiger charge is -2.32. The summed E-state index contributed by atoms with van der Waals surface area (Å²) in [6, 6.07) is 19.6. The number of nitrogens with zero attached hydrogens (tertiary/aromatic N) is 4. The molecule has 214 valence electrons. The second kappa shape index (κ2) is 11.8. The SMILES string of the molecule is CN1CCN(CCc2ccc(NC(=O)c3cc4nc(-c5cc(-c6cccnc6O)ccc5O)[nH]c4cc3Cl)cc2)CC1. The Hall–Kier alpha value is -4.44. The van der Waals surface area contributed by atoms with E-state index in [-0.39, 0.29) is 22.6 Å². The third kappa shape index (κ3) is 5.94. The molecule has 3 aromatic carbocycles. The summed E-state index contributed by atoms with van der Waals surface area (Å²) in [6.07, 6.45) is 2.46. The lowest BCUT2D eigenvalue weighted by molar-refractivity contribution is 0.102. The summed E-state index contributed by atoms with van der Waals surface area (Å²) in [5.74, 6) is -0.0410. The van der Waals surface area contributed by atoms with E-state index in [9.17, 15) is 15.0 Å². The van der Waals surface area contributed by atoms with E-state index in [1.165, 1.54) is 17.8 Å². The number of carbonyl (C=O) groups excluding carboxylic acids is 1. The Morgan fingerprint density at radius 2 is 1.79 bits per heavy atom. The van der Waals surface area contributed by atoms with Crippen molar-refractivity contribution in [3.8, 4) is 34.1 Å². The summed E-state index contributed by atoms with van der Waals surface area (Å²) in [7, 11) is 2.16. The first kappa shape index (κ1) is 27.7. The van der Waals surface area contributed by atoms with Crippen molar-refractivity contribution in [1.82, 2.24) is 24.8 Å². The molecule has 5 aromatic rings. The minimum atomic E-state index is -0.339. The number of phenols is 1. The summed E-state index contributed by atoms with van der Waals surface area (Å²) in [5.41, 5.74) is 4.96. The number of benzene rings is 3. The summed E-state index contributed by atoms with van der Waals surface area (Å²) in [5, 5.41) is 24.0. The number of piperazine rings is 1. The molecule has 1 fully saturated rings. The van der Waals surface area contributed by atoms with Crippen LogP contribution in [0.5, 0.6) is 11.6 Å². The number of hydrogen-bond acceptors (Lipinski definition) is 7. The molecule has 0 aliphatic carbocycles. The van der Waals surface area contributed by atoms with E-state index in [1.54, 1.807) is 36.4 Å². The van der Waals surface area contributed by atoms with Crippen molar-refractivity contribution in [2.75, 3.05) is 45.1 Å². The first-order valence-electron chi connectivity index (χ1n) is 13.8. The maximum atomic E-state index is 13.2. The van der Waals surface area contributed by atoms with E-state index in [4.69, 9.17) is 11.6 Å². The molecule has 0 saturated carbocycles. The Morgan fingerprint density at radius 3 is 2.55 bits per heavy atom. The monoisotopic (exact) mass is 582 g/mol. The summed E-state index contributed by atoms with van der Waals surface area (Å²) in [6.45, 7) is 5.42. The molecule has 1 aliphatic heterocycles. The van der Waals surface area contributed by atoms with Crippen LogP contribution >= 0.6 is 11.6 Å². The molecule has 6 rings (SSSR count). The predicted molar refractivity (Wildman–Crippen MR) is 165 cm³/mol. The molecule has 1 saturated heterocycles. The van der Waals surface area contributed by atoms with Crippen molar-refractivity contribution in [2.45, 2.75) is 6.42 Å². The minimum Gasteiger partial charge on any atom is -0.507 e. The zero-order valence-corrected chi connectivity index (χ0v) is 23.9. The number of anilines is 1. The molecule has 9 nitrogen and oxygen atoms in total. The minimum absolute atomic E-state index is 0.0113. The number of imidazole rings is 1. The number of pyridine rings is 1. The van der Waals surface area contributed by atoms with Gasteiger partial charge in [0.15, 0.2) is 0 Å². The van der Waals surface area contributed by atoms with Crippen LogP contribution < -0.4 is 5.32 Å². The smallest absolute Gasteiger partial charge is 0.257 e. The molecule has 10 heteroatoms. The number of fused-ring (bicyclic) bond motifs is 1. The van der Waals surface area contributed by atoms with Gasteiger partial charge in [-0.05, 0) is 73.1 Å². The number of likely N-dealkylation sites (N-methyl/N-ethyl adjacent to an activating group) is 1. The molecule has 0 radical (unpaired) electrons. The van der Waals surface area contributed by atoms with Gasteiger partial charge in [0, 0.05) is 50.2 Å². The molecule has 0 unspecified atom stereocenters. The van der Waals surface area contributed by atoms with Gasteiger partial charge in [-0.1, -0.05) is 29.8 Å². The van der Waals surface area contributed by atoms with Crippen LogP contribution in [0.4, 0.5) is 5.69 Å². The van der Waals surface area contributed by atoms with Gasteiger partial charge < -0.3 is 30.3 Å². The van der Waals surface area contributed by atoms with Crippen molar-refractivity contribution < 1.29 is 15.0 Å². The average Bonchev–Trinajstić information content (AvgIpc) is 3.40. The topological polar surface area (TPSA) is 118 Å². The zero-order valence-electron chi connectivity index (χ0n) is 23.1. The van der Waals surface area contributed by atoms with Gasteiger partial charge in [0.1, 0.15) is 11.6 Å². The number of carbonyl (C=O) groups is 1. The van der Waals surface area contributed by atoms with E-state index < -0.39 is 0 Å². The van der Waals surface area contributed by atoms with E-state index >= 15 is 0 Å². The molecule has 4 N–H and O–H groups in total. The lowest BCUT2D eigenvalue weighted by atomic mass is 10.0. The van der Waals surface area contributed by atoms with Crippen molar-refractivity contribution >= 4 is 34.2 Å². The van der Waals surface area contributed by atoms with E-state index in [2.05, 4.69) is 37.1 Å². The number of halogens is 1. The highest BCUT2D eigenvalue weighted by Gasteiger charge is 2.18. The van der Waals surface area contributed by atoms with Crippen LogP contribution in [0.2, 0.25) is 5.02 Å². The van der Waals surface area contributed by atoms with Gasteiger partial charge in [-0.25, -0.2) is 9.97 Å². The molecule has 0 bridgehead atoms. The fraction of sp³-hybridized carbons (Fsp3) is 0.219. The summed E-state index contributed by atoms with van der Waals surface area (Å²) < 4.78 is 0. The Morgan fingerprint density at radius 1 is 1.00 bits per heavy atom. The highest BCUT2D eigenvalue weighted by atomic mass is 35.5. The van der Waals surface area contributed by atoms with Crippen LogP contribution in [-0.2, 0) is 6.42 Å². The maximum Gasteiger partial charge on any atom is 0.257 e. The van der Waals surface area contributed by atoms with Crippen LogP contribution in [0.3, 0.4) is 0 Å². The second-order valence-electron chi connectivity index (χ2n) is 10.6. The maximum absolute atomic E-state index is 13.2. The Labute approximate surface area is 248 Å². The van der Waals surface area contributed by atoms with Crippen molar-refractivity contribution in [3.05, 3.63) is 89.1 Å². The van der Waals surface area contributed by atoms with Crippen molar-refractivity contribution in [2.24, 2.45) is 0 Å². The Kier molecular flexibility index (Phi) is 7.80. The molecule has 42 heavy (non-hydrogen) atoms. The quantitative estimate of drug-likeness (QED) is 0.203. The molecule has 1 amide bonds. The van der Waals surface area contributed by atoms with E-state index in [1.807, 2.05) is 24.3 Å². The molecule has 0 spiro atoms. The van der Waals surface area contributed by atoms with Crippen LogP contribution in [0, 0.1) is 0 Å². The second-order valence-corrected chi connectivity index (χ2v) is 11.0. The highest BCUT2D eigenvalue weighted by molar-refractivity contribution is 6.35. The van der Waals surface area contributed by atoms with Crippen LogP contribution in [0.15, 0.2) is 72.9 Å². The van der Waals surface area contributed by atoms with Gasteiger partial charge in [-0.2, -0.15) is 0 Å². The number of phenolic OH excluding ortho intramolecular Hbond substituents is 1. The predicted octanol–water partition coefficient (Wildman–Crippen LogP) is 5.40. The molecule has 1 aliphatic rings. The van der Waals surface area contributed by atoms with Crippen molar-refractivity contribution in [3.63, 3.8) is 0 Å². The number of rotatable bonds is 7. The van der Waals surface area contributed by atoms with Gasteiger partial charge in [-0.15, -0.1) is 0 Å². The first-order chi connectivity index (χ1) is 20.3. The average molecular weight is 583 g/mol. The molecule has 3 heterocycles. The zero-order chi connectivity index (χ0) is 29.2. The summed E-state index contributed by atoms with van der Waals surface area (Å²) >= 11 is 6.52. The Bertz CT molecular complexity index is 1750. The largest absolute Gasteiger partial charge is 0.507 e. The van der Waals surface area contributed by atoms with Gasteiger partial charge in [0.25, 0.3) is 5.91 Å². The third-order valence-electron chi connectivity index (χ3n) is 7.69. The number of H-pyrrole nitrogens is 1. The van der Waals surface area contributed by atoms with Gasteiger partial charge in [0.2, 0.25) is 5.88 Å². The molecule has 0 atom stereocenters. The van der Waals surface area contributed by atoms with Gasteiger partial charge >= 0.3 is 0 Å². The van der Waals surface area contributed by atoms with Crippen molar-refractivity contribution in [1.29, 1.82) is 0 Å². The first-order valence-corrected chi connectivity index (χ1v) is 14.2. The number of aromatic hydroxyl groups is 2. The Balaban J connectivity index is 1.17. The molecular formula is C32H31ClN6O3. The van der Waals surface area contributed by atoms with E-state index in [0.29, 0.717) is 44.8 Å². The van der Waals surface area contributed by atoms with Crippen LogP contribution in [0.25, 0.3) is 33.5 Å². The number of amides is 1. The lowest BCUT2D eigenvalue weighted by Crippen LogP contribution is -2.45. The number of aromatic amines is 1.